The van der Waals surface area contributed by atoms with Crippen LogP contribution in [0, 0.1) is 19.7 Å². The van der Waals surface area contributed by atoms with Gasteiger partial charge in [-0.3, -0.25) is 10.1 Å². The van der Waals surface area contributed by atoms with E-state index >= 15 is 0 Å². The molecule has 1 N–H and O–H groups in total. The number of aromatic nitrogens is 4. The Bertz CT molecular complexity index is 1480. The number of hydrogen-bond donors (Lipinski definition) is 1. The topological polar surface area (TPSA) is 72.7 Å². The molecular formula is C26H20FN5OS. The quantitative estimate of drug-likeness (QED) is 0.339. The average Bonchev–Trinajstić information content (AvgIpc) is 3.49. The van der Waals surface area contributed by atoms with Crippen molar-refractivity contribution >= 4 is 22.4 Å². The first-order valence-electron chi connectivity index (χ1n) is 10.6. The molecule has 0 saturated carbocycles. The number of carbonyl (C=O) groups is 1. The van der Waals surface area contributed by atoms with Crippen molar-refractivity contribution in [2.45, 2.75) is 13.8 Å². The normalized spacial score (nSPS) is 10.9. The minimum atomic E-state index is -0.305. The van der Waals surface area contributed by atoms with Gasteiger partial charge in [-0.15, -0.1) is 10.2 Å². The SMILES string of the molecule is Cc1ccc(C(=O)Nc2nnc(-c3cn(-c4ccccc4)nc3-c3ccc(C)c(F)c3)s2)cc1. The lowest BCUT2D eigenvalue weighted by molar-refractivity contribution is 0.102. The van der Waals surface area contributed by atoms with Crippen molar-refractivity contribution in [2.75, 3.05) is 5.32 Å². The van der Waals surface area contributed by atoms with E-state index in [-0.39, 0.29) is 11.7 Å². The van der Waals surface area contributed by atoms with Gasteiger partial charge in [0, 0.05) is 17.3 Å². The fourth-order valence-corrected chi connectivity index (χ4v) is 4.20. The van der Waals surface area contributed by atoms with Crippen LogP contribution in [0.2, 0.25) is 0 Å². The van der Waals surface area contributed by atoms with Gasteiger partial charge in [0.15, 0.2) is 5.01 Å². The second-order valence-corrected chi connectivity index (χ2v) is 8.85. The van der Waals surface area contributed by atoms with E-state index in [1.807, 2.05) is 61.7 Å². The molecule has 0 bridgehead atoms. The second-order valence-electron chi connectivity index (χ2n) is 7.87. The molecule has 0 aliphatic carbocycles. The van der Waals surface area contributed by atoms with E-state index in [1.54, 1.807) is 29.8 Å². The zero-order valence-electron chi connectivity index (χ0n) is 18.5. The standard InChI is InChI=1S/C26H20FN5OS/c1-16-8-11-18(12-9-16)24(33)28-26-30-29-25(34-26)21-15-32(20-6-4-3-5-7-20)31-23(21)19-13-10-17(2)22(27)14-19/h3-15H,1-2H3,(H,28,30,33). The van der Waals surface area contributed by atoms with Gasteiger partial charge >= 0.3 is 0 Å². The monoisotopic (exact) mass is 469 g/mol. The molecule has 2 heterocycles. The Hall–Kier alpha value is -4.17. The maximum Gasteiger partial charge on any atom is 0.257 e. The molecule has 0 atom stereocenters. The number of nitrogens with zero attached hydrogens (tertiary/aromatic N) is 4. The highest BCUT2D eigenvalue weighted by Gasteiger charge is 2.19. The lowest BCUT2D eigenvalue weighted by atomic mass is 10.1. The maximum absolute atomic E-state index is 14.4. The summed E-state index contributed by atoms with van der Waals surface area (Å²) in [7, 11) is 0. The van der Waals surface area contributed by atoms with Crippen LogP contribution in [-0.2, 0) is 0 Å². The highest BCUT2D eigenvalue weighted by Crippen LogP contribution is 2.35. The van der Waals surface area contributed by atoms with Crippen LogP contribution in [-0.4, -0.2) is 25.9 Å². The largest absolute Gasteiger partial charge is 0.296 e. The summed E-state index contributed by atoms with van der Waals surface area (Å²) in [5.74, 6) is -0.565. The van der Waals surface area contributed by atoms with Crippen LogP contribution >= 0.6 is 11.3 Å². The van der Waals surface area contributed by atoms with Crippen molar-refractivity contribution in [3.05, 3.63) is 102 Å². The number of amides is 1. The van der Waals surface area contributed by atoms with Crippen molar-refractivity contribution < 1.29 is 9.18 Å². The van der Waals surface area contributed by atoms with Gasteiger partial charge in [-0.25, -0.2) is 9.07 Å². The molecule has 8 heteroatoms. The Balaban J connectivity index is 1.52. The number of para-hydroxylation sites is 1. The van der Waals surface area contributed by atoms with Crippen LogP contribution in [0.1, 0.15) is 21.5 Å². The van der Waals surface area contributed by atoms with Crippen molar-refractivity contribution in [1.82, 2.24) is 20.0 Å². The molecule has 0 aliphatic heterocycles. The molecule has 0 spiro atoms. The molecule has 1 amide bonds. The average molecular weight is 470 g/mol. The van der Waals surface area contributed by atoms with Crippen molar-refractivity contribution in [3.8, 4) is 27.5 Å². The molecule has 0 aliphatic rings. The molecule has 0 fully saturated rings. The van der Waals surface area contributed by atoms with Crippen LogP contribution in [0.5, 0.6) is 0 Å². The van der Waals surface area contributed by atoms with Crippen LogP contribution in [0.15, 0.2) is 79.0 Å². The molecule has 5 rings (SSSR count). The number of hydrogen-bond acceptors (Lipinski definition) is 5. The molecule has 3 aromatic carbocycles. The Morgan fingerprint density at radius 3 is 2.47 bits per heavy atom. The first-order chi connectivity index (χ1) is 16.5. The van der Waals surface area contributed by atoms with Crippen molar-refractivity contribution in [3.63, 3.8) is 0 Å². The number of rotatable bonds is 5. The lowest BCUT2D eigenvalue weighted by Gasteiger charge is -2.03. The van der Waals surface area contributed by atoms with Gasteiger partial charge in [0.2, 0.25) is 5.13 Å². The lowest BCUT2D eigenvalue weighted by Crippen LogP contribution is -2.11. The van der Waals surface area contributed by atoms with E-state index in [0.717, 1.165) is 11.3 Å². The molecule has 0 saturated heterocycles. The molecule has 5 aromatic rings. The van der Waals surface area contributed by atoms with Gasteiger partial charge in [-0.05, 0) is 49.7 Å². The van der Waals surface area contributed by atoms with E-state index in [4.69, 9.17) is 5.10 Å². The van der Waals surface area contributed by atoms with Crippen LogP contribution in [0.4, 0.5) is 9.52 Å². The summed E-state index contributed by atoms with van der Waals surface area (Å²) in [4.78, 5) is 12.6. The van der Waals surface area contributed by atoms with E-state index in [0.29, 0.717) is 38.1 Å². The zero-order valence-corrected chi connectivity index (χ0v) is 19.3. The first kappa shape index (κ1) is 21.7. The fraction of sp³-hybridized carbons (Fsp3) is 0.0769. The van der Waals surface area contributed by atoms with Crippen LogP contribution < -0.4 is 5.32 Å². The van der Waals surface area contributed by atoms with E-state index in [2.05, 4.69) is 15.5 Å². The summed E-state index contributed by atoms with van der Waals surface area (Å²) in [5.41, 5.74) is 4.94. The highest BCUT2D eigenvalue weighted by atomic mass is 32.1. The Labute approximate surface area is 199 Å². The van der Waals surface area contributed by atoms with Gasteiger partial charge in [-0.2, -0.15) is 5.10 Å². The third-order valence-corrected chi connectivity index (χ3v) is 6.24. The summed E-state index contributed by atoms with van der Waals surface area (Å²) in [6.07, 6.45) is 1.84. The number of aryl methyl sites for hydroxylation is 2. The maximum atomic E-state index is 14.4. The molecule has 0 radical (unpaired) electrons. The van der Waals surface area contributed by atoms with Gasteiger partial charge in [0.1, 0.15) is 11.5 Å². The summed E-state index contributed by atoms with van der Waals surface area (Å²) in [6, 6.07) is 22.0. The smallest absolute Gasteiger partial charge is 0.257 e. The van der Waals surface area contributed by atoms with E-state index < -0.39 is 0 Å². The van der Waals surface area contributed by atoms with Crippen molar-refractivity contribution in [2.24, 2.45) is 0 Å². The highest BCUT2D eigenvalue weighted by molar-refractivity contribution is 7.18. The number of anilines is 1. The van der Waals surface area contributed by atoms with Crippen LogP contribution in [0.25, 0.3) is 27.5 Å². The predicted octanol–water partition coefficient (Wildman–Crippen LogP) is 6.07. The number of benzene rings is 3. The third-order valence-electron chi connectivity index (χ3n) is 5.37. The van der Waals surface area contributed by atoms with E-state index in [1.165, 1.54) is 17.4 Å². The minimum absolute atomic E-state index is 0.261. The molecule has 6 nitrogen and oxygen atoms in total. The number of carbonyl (C=O) groups excluding carboxylic acids is 1. The summed E-state index contributed by atoms with van der Waals surface area (Å²) >= 11 is 1.24. The third kappa shape index (κ3) is 4.35. The number of nitrogens with one attached hydrogen (secondary N) is 1. The Morgan fingerprint density at radius 2 is 1.74 bits per heavy atom. The first-order valence-corrected chi connectivity index (χ1v) is 11.4. The fourth-order valence-electron chi connectivity index (χ4n) is 3.45. The number of halogens is 1. The Kier molecular flexibility index (Phi) is 5.73. The van der Waals surface area contributed by atoms with E-state index in [9.17, 15) is 9.18 Å². The van der Waals surface area contributed by atoms with Crippen LogP contribution in [0.3, 0.4) is 0 Å². The minimum Gasteiger partial charge on any atom is -0.296 e. The van der Waals surface area contributed by atoms with Gasteiger partial charge < -0.3 is 0 Å². The second kappa shape index (κ2) is 8.99. The summed E-state index contributed by atoms with van der Waals surface area (Å²) in [5, 5.41) is 16.9. The Morgan fingerprint density at radius 1 is 0.971 bits per heavy atom. The molecular weight excluding hydrogens is 449 g/mol. The molecule has 168 valence electrons. The molecule has 2 aromatic heterocycles. The van der Waals surface area contributed by atoms with Gasteiger partial charge in [0.25, 0.3) is 5.91 Å². The van der Waals surface area contributed by atoms with Gasteiger partial charge in [-0.1, -0.05) is 59.4 Å². The molecule has 34 heavy (non-hydrogen) atoms. The van der Waals surface area contributed by atoms with Gasteiger partial charge in [0.05, 0.1) is 11.3 Å². The predicted molar refractivity (Wildman–Crippen MR) is 132 cm³/mol. The summed E-state index contributed by atoms with van der Waals surface area (Å²) < 4.78 is 16.1. The molecule has 0 unspecified atom stereocenters. The summed E-state index contributed by atoms with van der Waals surface area (Å²) in [6.45, 7) is 3.68. The zero-order chi connectivity index (χ0) is 23.7. The van der Waals surface area contributed by atoms with Crippen molar-refractivity contribution in [1.29, 1.82) is 0 Å².